The van der Waals surface area contributed by atoms with Crippen molar-refractivity contribution in [1.82, 2.24) is 9.88 Å². The first-order valence-corrected chi connectivity index (χ1v) is 10.4. The number of carbonyl (C=O) groups excluding carboxylic acids is 1. The predicted octanol–water partition coefficient (Wildman–Crippen LogP) is 5.02. The highest BCUT2D eigenvalue weighted by Gasteiger charge is 2.30. The minimum Gasteiger partial charge on any atom is -0.343 e. The van der Waals surface area contributed by atoms with E-state index in [1.54, 1.807) is 11.3 Å². The van der Waals surface area contributed by atoms with Gasteiger partial charge in [-0.3, -0.25) is 4.79 Å². The van der Waals surface area contributed by atoms with Crippen LogP contribution in [0.25, 0.3) is 10.2 Å². The van der Waals surface area contributed by atoms with Crippen molar-refractivity contribution < 1.29 is 4.79 Å². The molecular weight excluding hydrogens is 425 g/mol. The average molecular weight is 451 g/mol. The Bertz CT molecular complexity index is 777. The Balaban J connectivity index is 0.00000131. The molecule has 1 saturated carbocycles. The summed E-state index contributed by atoms with van der Waals surface area (Å²) >= 11 is 7.82. The van der Waals surface area contributed by atoms with Crippen molar-refractivity contribution in [3.63, 3.8) is 0 Å². The molecule has 1 aromatic heterocycles. The topological polar surface area (TPSA) is 59.2 Å². The first-order chi connectivity index (χ1) is 12.1. The van der Waals surface area contributed by atoms with Gasteiger partial charge in [0.2, 0.25) is 5.91 Å². The molecule has 2 aromatic rings. The van der Waals surface area contributed by atoms with Crippen LogP contribution in [0.1, 0.15) is 49.5 Å². The van der Waals surface area contributed by atoms with Crippen LogP contribution in [0.2, 0.25) is 5.02 Å². The van der Waals surface area contributed by atoms with Crippen molar-refractivity contribution in [3.05, 3.63) is 28.2 Å². The fraction of sp³-hybridized carbons (Fsp3) is 0.579. The van der Waals surface area contributed by atoms with E-state index in [2.05, 4.69) is 0 Å². The van der Waals surface area contributed by atoms with Crippen LogP contribution < -0.4 is 5.73 Å². The van der Waals surface area contributed by atoms with E-state index in [4.69, 9.17) is 22.3 Å². The summed E-state index contributed by atoms with van der Waals surface area (Å²) in [6.07, 6.45) is 5.97. The lowest BCUT2D eigenvalue weighted by Crippen LogP contribution is -2.40. The van der Waals surface area contributed by atoms with Crippen LogP contribution in [0.4, 0.5) is 0 Å². The number of likely N-dealkylation sites (tertiary alicyclic amines) is 1. The van der Waals surface area contributed by atoms with Gasteiger partial charge in [0.15, 0.2) is 0 Å². The van der Waals surface area contributed by atoms with Crippen LogP contribution in [-0.4, -0.2) is 34.9 Å². The quantitative estimate of drug-likeness (QED) is 0.714. The zero-order valence-electron chi connectivity index (χ0n) is 15.1. The third-order valence-corrected chi connectivity index (χ3v) is 7.15. The van der Waals surface area contributed by atoms with E-state index in [1.807, 2.05) is 23.1 Å². The summed E-state index contributed by atoms with van der Waals surface area (Å²) in [4.78, 5) is 19.4. The largest absolute Gasteiger partial charge is 0.343 e. The molecule has 27 heavy (non-hydrogen) atoms. The number of hydrogen-bond donors (Lipinski definition) is 1. The monoisotopic (exact) mass is 449 g/mol. The van der Waals surface area contributed by atoms with Gasteiger partial charge < -0.3 is 10.6 Å². The highest BCUT2D eigenvalue weighted by atomic mass is 35.5. The number of halogens is 3. The summed E-state index contributed by atoms with van der Waals surface area (Å²) in [6, 6.07) is 6.11. The summed E-state index contributed by atoms with van der Waals surface area (Å²) in [6.45, 7) is 1.67. The number of rotatable bonds is 3. The SMILES string of the molecule is Cl.Cl.N[C@@H]1CCC[C@H]1CC(=O)N1CCC(c2nc3cc(Cl)ccc3s2)CC1. The Morgan fingerprint density at radius 2 is 1.96 bits per heavy atom. The number of hydrogen-bond acceptors (Lipinski definition) is 4. The number of carbonyl (C=O) groups is 1. The number of nitrogens with zero attached hydrogens (tertiary/aromatic N) is 2. The van der Waals surface area contributed by atoms with Crippen molar-refractivity contribution in [2.24, 2.45) is 11.7 Å². The van der Waals surface area contributed by atoms with Gasteiger partial charge in [0.1, 0.15) is 0 Å². The number of aromatic nitrogens is 1. The predicted molar refractivity (Wildman–Crippen MR) is 118 cm³/mol. The molecular formula is C19H26Cl3N3OS. The minimum atomic E-state index is 0. The molecule has 8 heteroatoms. The summed E-state index contributed by atoms with van der Waals surface area (Å²) in [5, 5.41) is 1.91. The zero-order valence-corrected chi connectivity index (χ0v) is 18.3. The lowest BCUT2D eigenvalue weighted by Gasteiger charge is -2.32. The highest BCUT2D eigenvalue weighted by molar-refractivity contribution is 7.18. The molecule has 0 radical (unpaired) electrons. The molecule has 2 aliphatic rings. The van der Waals surface area contributed by atoms with Gasteiger partial charge in [-0.1, -0.05) is 18.0 Å². The Hall–Kier alpha value is -0.590. The van der Waals surface area contributed by atoms with Gasteiger partial charge in [-0.15, -0.1) is 36.2 Å². The number of amides is 1. The van der Waals surface area contributed by atoms with Crippen molar-refractivity contribution in [2.75, 3.05) is 13.1 Å². The van der Waals surface area contributed by atoms with E-state index in [0.717, 1.165) is 49.3 Å². The van der Waals surface area contributed by atoms with Gasteiger partial charge in [0, 0.05) is 36.5 Å². The first kappa shape index (κ1) is 22.7. The van der Waals surface area contributed by atoms with Crippen molar-refractivity contribution in [2.45, 2.75) is 50.5 Å². The Labute approximate surface area is 181 Å². The second-order valence-electron chi connectivity index (χ2n) is 7.38. The van der Waals surface area contributed by atoms with Gasteiger partial charge in [-0.25, -0.2) is 4.98 Å². The number of benzene rings is 1. The fourth-order valence-corrected chi connectivity index (χ4v) is 5.42. The summed E-state index contributed by atoms with van der Waals surface area (Å²) < 4.78 is 1.19. The maximum absolute atomic E-state index is 12.6. The summed E-state index contributed by atoms with van der Waals surface area (Å²) in [5.74, 6) is 1.13. The van der Waals surface area contributed by atoms with Crippen LogP contribution in [0, 0.1) is 5.92 Å². The molecule has 2 atom stereocenters. The molecule has 1 aliphatic heterocycles. The van der Waals surface area contributed by atoms with Gasteiger partial charge in [-0.05, 0) is 49.8 Å². The molecule has 0 bridgehead atoms. The molecule has 0 unspecified atom stereocenters. The number of thiazole rings is 1. The number of nitrogens with two attached hydrogens (primary N) is 1. The molecule has 2 N–H and O–H groups in total. The molecule has 2 fully saturated rings. The van der Waals surface area contributed by atoms with E-state index < -0.39 is 0 Å². The average Bonchev–Trinajstić information content (AvgIpc) is 3.21. The fourth-order valence-electron chi connectivity index (χ4n) is 4.14. The summed E-state index contributed by atoms with van der Waals surface area (Å²) in [5.41, 5.74) is 7.10. The maximum atomic E-state index is 12.6. The maximum Gasteiger partial charge on any atom is 0.222 e. The van der Waals surface area contributed by atoms with E-state index in [9.17, 15) is 4.79 Å². The van der Waals surface area contributed by atoms with Gasteiger partial charge in [0.05, 0.1) is 15.2 Å². The summed E-state index contributed by atoms with van der Waals surface area (Å²) in [7, 11) is 0. The first-order valence-electron chi connectivity index (χ1n) is 9.19. The molecule has 4 rings (SSSR count). The van der Waals surface area contributed by atoms with Crippen LogP contribution >= 0.6 is 47.8 Å². The smallest absolute Gasteiger partial charge is 0.222 e. The van der Waals surface area contributed by atoms with Crippen LogP contribution in [-0.2, 0) is 4.79 Å². The third kappa shape index (κ3) is 5.07. The molecule has 1 saturated heterocycles. The van der Waals surface area contributed by atoms with E-state index >= 15 is 0 Å². The van der Waals surface area contributed by atoms with Crippen LogP contribution in [0.15, 0.2) is 18.2 Å². The minimum absolute atomic E-state index is 0. The molecule has 2 heterocycles. The zero-order chi connectivity index (χ0) is 17.4. The lowest BCUT2D eigenvalue weighted by molar-refractivity contribution is -0.133. The molecule has 1 aromatic carbocycles. The lowest BCUT2D eigenvalue weighted by atomic mass is 9.95. The molecule has 150 valence electrons. The molecule has 0 spiro atoms. The second kappa shape index (κ2) is 9.75. The number of fused-ring (bicyclic) bond motifs is 1. The van der Waals surface area contributed by atoms with Crippen LogP contribution in [0.3, 0.4) is 0 Å². The second-order valence-corrected chi connectivity index (χ2v) is 8.88. The number of piperidine rings is 1. The van der Waals surface area contributed by atoms with Crippen molar-refractivity contribution >= 4 is 63.9 Å². The highest BCUT2D eigenvalue weighted by Crippen LogP contribution is 2.35. The van der Waals surface area contributed by atoms with Crippen molar-refractivity contribution in [3.8, 4) is 0 Å². The van der Waals surface area contributed by atoms with Crippen LogP contribution in [0.5, 0.6) is 0 Å². The molecule has 4 nitrogen and oxygen atoms in total. The van der Waals surface area contributed by atoms with Crippen molar-refractivity contribution in [1.29, 1.82) is 0 Å². The standard InChI is InChI=1S/C19H24ClN3OS.2ClH/c20-14-4-5-17-16(11-14)22-19(25-17)12-6-8-23(9-7-12)18(24)10-13-2-1-3-15(13)21;;/h4-5,11-13,15H,1-3,6-10,21H2;2*1H/t13-,15+;;/m0../s1. The normalized spacial score (nSPS) is 23.1. The van der Waals surface area contributed by atoms with Gasteiger partial charge >= 0.3 is 0 Å². The Morgan fingerprint density at radius 1 is 1.22 bits per heavy atom. The van der Waals surface area contributed by atoms with E-state index in [0.29, 0.717) is 18.3 Å². The molecule has 1 aliphatic carbocycles. The third-order valence-electron chi connectivity index (χ3n) is 5.72. The Morgan fingerprint density at radius 3 is 2.63 bits per heavy atom. The van der Waals surface area contributed by atoms with Gasteiger partial charge in [-0.2, -0.15) is 0 Å². The van der Waals surface area contributed by atoms with E-state index in [-0.39, 0.29) is 36.8 Å². The Kier molecular flexibility index (Phi) is 8.19. The van der Waals surface area contributed by atoms with E-state index in [1.165, 1.54) is 16.1 Å². The van der Waals surface area contributed by atoms with Gasteiger partial charge in [0.25, 0.3) is 0 Å². The molecule has 1 amide bonds.